The van der Waals surface area contributed by atoms with Crippen molar-refractivity contribution < 1.29 is 4.74 Å². The third-order valence-corrected chi connectivity index (χ3v) is 3.11. The fourth-order valence-corrected chi connectivity index (χ4v) is 2.20. The highest BCUT2D eigenvalue weighted by Crippen LogP contribution is 2.28. The lowest BCUT2D eigenvalue weighted by Crippen LogP contribution is -2.29. The molecule has 102 valence electrons. The molecule has 0 saturated heterocycles. The van der Waals surface area contributed by atoms with E-state index in [-0.39, 0.29) is 6.04 Å². The van der Waals surface area contributed by atoms with Crippen molar-refractivity contribution in [2.75, 3.05) is 13.7 Å². The second kappa shape index (κ2) is 8.03. The predicted octanol–water partition coefficient (Wildman–Crippen LogP) is 2.96. The van der Waals surface area contributed by atoms with Gasteiger partial charge in [-0.3, -0.25) is 4.98 Å². The fraction of sp³-hybridized carbons (Fsp3) is 0.714. The summed E-state index contributed by atoms with van der Waals surface area (Å²) in [7, 11) is 1.65. The Kier molecular flexibility index (Phi) is 6.65. The highest BCUT2D eigenvalue weighted by Gasteiger charge is 2.23. The average molecular weight is 251 g/mol. The largest absolute Gasteiger partial charge is 0.480 e. The van der Waals surface area contributed by atoms with Crippen molar-refractivity contribution in [3.63, 3.8) is 0 Å². The van der Waals surface area contributed by atoms with E-state index in [1.807, 2.05) is 0 Å². The van der Waals surface area contributed by atoms with Crippen LogP contribution < -0.4 is 10.1 Å². The van der Waals surface area contributed by atoms with E-state index < -0.39 is 0 Å². The van der Waals surface area contributed by atoms with Gasteiger partial charge in [0.25, 0.3) is 0 Å². The minimum absolute atomic E-state index is 0.216. The molecule has 0 aromatic carbocycles. The zero-order valence-corrected chi connectivity index (χ0v) is 11.9. The van der Waals surface area contributed by atoms with Gasteiger partial charge in [0.1, 0.15) is 5.69 Å². The molecule has 0 spiro atoms. The number of rotatable bonds is 8. The van der Waals surface area contributed by atoms with Crippen molar-refractivity contribution in [1.82, 2.24) is 15.3 Å². The first kappa shape index (κ1) is 14.9. The van der Waals surface area contributed by atoms with Crippen molar-refractivity contribution in [3.05, 3.63) is 18.1 Å². The van der Waals surface area contributed by atoms with E-state index in [0.29, 0.717) is 11.8 Å². The molecule has 4 heteroatoms. The molecule has 0 saturated carbocycles. The van der Waals surface area contributed by atoms with Gasteiger partial charge in [0.2, 0.25) is 5.88 Å². The second-order valence-electron chi connectivity index (χ2n) is 4.65. The SMILES string of the molecule is CCCNC(c1nccnc1OC)C(C)CCC. The molecule has 0 aliphatic heterocycles. The number of nitrogens with zero attached hydrogens (tertiary/aromatic N) is 2. The summed E-state index contributed by atoms with van der Waals surface area (Å²) in [5, 5.41) is 3.56. The summed E-state index contributed by atoms with van der Waals surface area (Å²) in [6.07, 6.45) is 6.86. The zero-order valence-electron chi connectivity index (χ0n) is 11.9. The van der Waals surface area contributed by atoms with E-state index in [1.54, 1.807) is 19.5 Å². The molecule has 2 atom stereocenters. The average Bonchev–Trinajstić information content (AvgIpc) is 2.40. The highest BCUT2D eigenvalue weighted by atomic mass is 16.5. The van der Waals surface area contributed by atoms with Gasteiger partial charge in [-0.2, -0.15) is 0 Å². The molecule has 0 fully saturated rings. The molecule has 4 nitrogen and oxygen atoms in total. The van der Waals surface area contributed by atoms with Crippen LogP contribution in [0, 0.1) is 5.92 Å². The van der Waals surface area contributed by atoms with E-state index in [4.69, 9.17) is 4.74 Å². The van der Waals surface area contributed by atoms with E-state index in [1.165, 1.54) is 12.8 Å². The molecule has 1 heterocycles. The standard InChI is InChI=1S/C14H25N3O/c1-5-7-11(3)12(15-8-6-2)13-14(18-4)17-10-9-16-13/h9-12,15H,5-8H2,1-4H3. The maximum atomic E-state index is 5.32. The summed E-state index contributed by atoms with van der Waals surface area (Å²) in [5.41, 5.74) is 0.925. The molecule has 0 amide bonds. The van der Waals surface area contributed by atoms with Crippen LogP contribution in [0.4, 0.5) is 0 Å². The Bertz CT molecular complexity index is 344. The molecule has 18 heavy (non-hydrogen) atoms. The number of hydrogen-bond donors (Lipinski definition) is 1. The molecule has 0 aliphatic carbocycles. The molecule has 0 radical (unpaired) electrons. The number of ether oxygens (including phenoxy) is 1. The van der Waals surface area contributed by atoms with Crippen LogP contribution in [0.25, 0.3) is 0 Å². The van der Waals surface area contributed by atoms with Gasteiger partial charge in [-0.15, -0.1) is 0 Å². The molecule has 1 aromatic heterocycles. The number of aromatic nitrogens is 2. The Morgan fingerprint density at radius 2 is 1.94 bits per heavy atom. The first-order valence-electron chi connectivity index (χ1n) is 6.82. The van der Waals surface area contributed by atoms with Crippen molar-refractivity contribution in [2.45, 2.75) is 46.1 Å². The van der Waals surface area contributed by atoms with Gasteiger partial charge in [-0.1, -0.05) is 27.2 Å². The Labute approximate surface area is 110 Å². The van der Waals surface area contributed by atoms with Crippen LogP contribution >= 0.6 is 0 Å². The van der Waals surface area contributed by atoms with Crippen LogP contribution in [0.3, 0.4) is 0 Å². The van der Waals surface area contributed by atoms with Gasteiger partial charge in [0.05, 0.1) is 13.2 Å². The van der Waals surface area contributed by atoms with Crippen LogP contribution in [-0.2, 0) is 0 Å². The Hall–Kier alpha value is -1.16. The first-order valence-corrected chi connectivity index (χ1v) is 6.82. The number of nitrogens with one attached hydrogen (secondary N) is 1. The minimum Gasteiger partial charge on any atom is -0.480 e. The van der Waals surface area contributed by atoms with Gasteiger partial charge in [0.15, 0.2) is 0 Å². The van der Waals surface area contributed by atoms with Crippen molar-refractivity contribution in [3.8, 4) is 5.88 Å². The summed E-state index contributed by atoms with van der Waals surface area (Å²) in [6, 6.07) is 0.216. The molecular weight excluding hydrogens is 226 g/mol. The lowest BCUT2D eigenvalue weighted by Gasteiger charge is -2.25. The smallest absolute Gasteiger partial charge is 0.237 e. The lowest BCUT2D eigenvalue weighted by atomic mass is 9.94. The summed E-state index contributed by atoms with van der Waals surface area (Å²) in [4.78, 5) is 8.70. The van der Waals surface area contributed by atoms with Gasteiger partial charge in [-0.25, -0.2) is 4.98 Å². The predicted molar refractivity (Wildman–Crippen MR) is 73.7 cm³/mol. The maximum Gasteiger partial charge on any atom is 0.237 e. The Morgan fingerprint density at radius 1 is 1.22 bits per heavy atom. The van der Waals surface area contributed by atoms with E-state index in [9.17, 15) is 0 Å². The summed E-state index contributed by atoms with van der Waals surface area (Å²) < 4.78 is 5.32. The third-order valence-electron chi connectivity index (χ3n) is 3.11. The molecule has 1 rings (SSSR count). The number of hydrogen-bond acceptors (Lipinski definition) is 4. The molecule has 1 N–H and O–H groups in total. The van der Waals surface area contributed by atoms with Gasteiger partial charge >= 0.3 is 0 Å². The third kappa shape index (κ3) is 3.95. The van der Waals surface area contributed by atoms with Crippen LogP contribution in [-0.4, -0.2) is 23.6 Å². The number of methoxy groups -OCH3 is 1. The normalized spacial score (nSPS) is 14.2. The Morgan fingerprint density at radius 3 is 2.56 bits per heavy atom. The van der Waals surface area contributed by atoms with Gasteiger partial charge in [0, 0.05) is 12.4 Å². The van der Waals surface area contributed by atoms with E-state index in [0.717, 1.165) is 18.7 Å². The minimum atomic E-state index is 0.216. The lowest BCUT2D eigenvalue weighted by molar-refractivity contribution is 0.328. The quantitative estimate of drug-likeness (QED) is 0.771. The van der Waals surface area contributed by atoms with Crippen LogP contribution in [0.5, 0.6) is 5.88 Å². The second-order valence-corrected chi connectivity index (χ2v) is 4.65. The van der Waals surface area contributed by atoms with Crippen molar-refractivity contribution >= 4 is 0 Å². The molecule has 2 unspecified atom stereocenters. The molecule has 1 aromatic rings. The van der Waals surface area contributed by atoms with Crippen molar-refractivity contribution in [1.29, 1.82) is 0 Å². The van der Waals surface area contributed by atoms with Crippen LogP contribution in [0.1, 0.15) is 51.8 Å². The summed E-state index contributed by atoms with van der Waals surface area (Å²) in [6.45, 7) is 7.62. The topological polar surface area (TPSA) is 47.0 Å². The van der Waals surface area contributed by atoms with E-state index in [2.05, 4.69) is 36.1 Å². The molecule has 0 aliphatic rings. The zero-order chi connectivity index (χ0) is 13.4. The first-order chi connectivity index (χ1) is 8.74. The van der Waals surface area contributed by atoms with E-state index >= 15 is 0 Å². The maximum absolute atomic E-state index is 5.32. The summed E-state index contributed by atoms with van der Waals surface area (Å²) in [5.74, 6) is 1.15. The molecular formula is C14H25N3O. The highest BCUT2D eigenvalue weighted by molar-refractivity contribution is 5.21. The van der Waals surface area contributed by atoms with Crippen LogP contribution in [0.2, 0.25) is 0 Å². The monoisotopic (exact) mass is 251 g/mol. The van der Waals surface area contributed by atoms with Gasteiger partial charge < -0.3 is 10.1 Å². The van der Waals surface area contributed by atoms with Crippen LogP contribution in [0.15, 0.2) is 12.4 Å². The van der Waals surface area contributed by atoms with Crippen molar-refractivity contribution in [2.24, 2.45) is 5.92 Å². The Balaban J connectivity index is 2.92. The fourth-order valence-electron chi connectivity index (χ4n) is 2.20. The summed E-state index contributed by atoms with van der Waals surface area (Å²) >= 11 is 0. The molecule has 0 bridgehead atoms. The van der Waals surface area contributed by atoms with Gasteiger partial charge in [-0.05, 0) is 25.3 Å².